The molecular weight excluding hydrogens is 320 g/mol. The van der Waals surface area contributed by atoms with Crippen LogP contribution in [-0.4, -0.2) is 49.1 Å². The summed E-state index contributed by atoms with van der Waals surface area (Å²) in [4.78, 5) is 21.9. The fourth-order valence-corrected chi connectivity index (χ4v) is 2.78. The first-order chi connectivity index (χ1) is 12.1. The number of hydrogen-bond donors (Lipinski definition) is 1. The van der Waals surface area contributed by atoms with Crippen LogP contribution in [-0.2, 0) is 6.54 Å². The highest BCUT2D eigenvalue weighted by atomic mass is 16.5. The smallest absolute Gasteiger partial charge is 0.260 e. The first-order valence-electron chi connectivity index (χ1n) is 7.63. The number of amides is 1. The van der Waals surface area contributed by atoms with Gasteiger partial charge in [0, 0.05) is 24.4 Å². The Morgan fingerprint density at radius 2 is 2.08 bits per heavy atom. The van der Waals surface area contributed by atoms with E-state index in [0.29, 0.717) is 23.7 Å². The average Bonchev–Trinajstić information content (AvgIpc) is 2.97. The van der Waals surface area contributed by atoms with Gasteiger partial charge in [0.1, 0.15) is 5.84 Å². The third kappa shape index (κ3) is 2.96. The van der Waals surface area contributed by atoms with Crippen molar-refractivity contribution in [2.75, 3.05) is 21.3 Å². The molecule has 3 rings (SSSR count). The maximum Gasteiger partial charge on any atom is 0.260 e. The molecular formula is C18H18N4O3. The van der Waals surface area contributed by atoms with E-state index < -0.39 is 0 Å². The summed E-state index contributed by atoms with van der Waals surface area (Å²) in [7, 11) is 4.67. The highest BCUT2D eigenvalue weighted by Gasteiger charge is 2.29. The van der Waals surface area contributed by atoms with Crippen molar-refractivity contribution < 1.29 is 14.3 Å². The summed E-state index contributed by atoms with van der Waals surface area (Å²) in [5, 5.41) is 7.92. The van der Waals surface area contributed by atoms with Gasteiger partial charge in [-0.2, -0.15) is 0 Å². The van der Waals surface area contributed by atoms with Crippen LogP contribution in [0.4, 0.5) is 0 Å². The first kappa shape index (κ1) is 16.6. The number of fused-ring (bicyclic) bond motifs is 1. The molecule has 0 aliphatic carbocycles. The lowest BCUT2D eigenvalue weighted by molar-refractivity contribution is 0.0867. The number of amidine groups is 1. The molecule has 128 valence electrons. The molecule has 0 spiro atoms. The van der Waals surface area contributed by atoms with Crippen LogP contribution in [0.3, 0.4) is 0 Å². The molecule has 1 amide bonds. The van der Waals surface area contributed by atoms with Gasteiger partial charge in [-0.1, -0.05) is 6.07 Å². The van der Waals surface area contributed by atoms with Crippen LogP contribution in [0, 0.1) is 5.41 Å². The van der Waals surface area contributed by atoms with Crippen molar-refractivity contribution in [1.82, 2.24) is 9.88 Å². The van der Waals surface area contributed by atoms with Crippen LogP contribution in [0.5, 0.6) is 11.6 Å². The van der Waals surface area contributed by atoms with E-state index in [4.69, 9.17) is 14.9 Å². The summed E-state index contributed by atoms with van der Waals surface area (Å²) in [5.74, 6) is 0.857. The molecule has 0 saturated carbocycles. The number of pyridine rings is 1. The molecule has 1 aromatic heterocycles. The fraction of sp³-hybridized carbons (Fsp3) is 0.222. The second-order valence-corrected chi connectivity index (χ2v) is 5.47. The van der Waals surface area contributed by atoms with Gasteiger partial charge in [0.05, 0.1) is 27.0 Å². The van der Waals surface area contributed by atoms with Crippen molar-refractivity contribution in [1.29, 1.82) is 5.41 Å². The third-order valence-electron chi connectivity index (χ3n) is 4.02. The Kier molecular flexibility index (Phi) is 4.47. The van der Waals surface area contributed by atoms with Crippen LogP contribution >= 0.6 is 0 Å². The van der Waals surface area contributed by atoms with Crippen molar-refractivity contribution in [3.8, 4) is 22.8 Å². The molecule has 1 aliphatic heterocycles. The van der Waals surface area contributed by atoms with Crippen molar-refractivity contribution in [2.45, 2.75) is 6.54 Å². The molecule has 0 bridgehead atoms. The molecule has 25 heavy (non-hydrogen) atoms. The summed E-state index contributed by atoms with van der Waals surface area (Å²) in [5.41, 5.74) is 3.24. The lowest BCUT2D eigenvalue weighted by atomic mass is 10.0. The van der Waals surface area contributed by atoms with Crippen LogP contribution in [0.2, 0.25) is 0 Å². The summed E-state index contributed by atoms with van der Waals surface area (Å²) in [6.45, 7) is 0.355. The SMILES string of the molecule is CN=CC(=N)N1Cc2cc(-c3cnc(OC)c(OC)c3)ccc2C1=O. The van der Waals surface area contributed by atoms with E-state index >= 15 is 0 Å². The van der Waals surface area contributed by atoms with Gasteiger partial charge >= 0.3 is 0 Å². The number of nitrogens with zero attached hydrogens (tertiary/aromatic N) is 3. The minimum Gasteiger partial charge on any atom is -0.491 e. The Balaban J connectivity index is 1.95. The molecule has 1 aliphatic rings. The molecule has 2 heterocycles. The van der Waals surface area contributed by atoms with Crippen LogP contribution < -0.4 is 9.47 Å². The lowest BCUT2D eigenvalue weighted by Gasteiger charge is -2.12. The van der Waals surface area contributed by atoms with Gasteiger partial charge in [-0.05, 0) is 29.3 Å². The van der Waals surface area contributed by atoms with E-state index in [-0.39, 0.29) is 11.7 Å². The number of carbonyl (C=O) groups excluding carboxylic acids is 1. The predicted octanol–water partition coefficient (Wildman–Crippen LogP) is 2.40. The number of ether oxygens (including phenoxy) is 2. The van der Waals surface area contributed by atoms with E-state index in [1.54, 1.807) is 26.4 Å². The molecule has 0 radical (unpaired) electrons. The van der Waals surface area contributed by atoms with Crippen LogP contribution in [0.15, 0.2) is 35.5 Å². The van der Waals surface area contributed by atoms with E-state index in [1.807, 2.05) is 18.2 Å². The van der Waals surface area contributed by atoms with Crippen molar-refractivity contribution in [2.24, 2.45) is 4.99 Å². The van der Waals surface area contributed by atoms with Gasteiger partial charge in [0.15, 0.2) is 5.75 Å². The minimum atomic E-state index is -0.183. The number of rotatable bonds is 4. The number of hydrogen-bond acceptors (Lipinski definition) is 6. The Hall–Kier alpha value is -3.22. The number of aromatic nitrogens is 1. The quantitative estimate of drug-likeness (QED) is 0.685. The van der Waals surface area contributed by atoms with Gasteiger partial charge in [-0.25, -0.2) is 4.98 Å². The molecule has 2 aromatic rings. The summed E-state index contributed by atoms with van der Waals surface area (Å²) < 4.78 is 10.4. The fourth-order valence-electron chi connectivity index (χ4n) is 2.78. The molecule has 1 N–H and O–H groups in total. The van der Waals surface area contributed by atoms with Crippen LogP contribution in [0.25, 0.3) is 11.1 Å². The third-order valence-corrected chi connectivity index (χ3v) is 4.02. The minimum absolute atomic E-state index is 0.0815. The maximum absolute atomic E-state index is 12.4. The second kappa shape index (κ2) is 6.72. The summed E-state index contributed by atoms with van der Waals surface area (Å²) >= 11 is 0. The van der Waals surface area contributed by atoms with E-state index in [9.17, 15) is 4.79 Å². The largest absolute Gasteiger partial charge is 0.491 e. The number of aliphatic imine (C=N–C) groups is 1. The average molecular weight is 338 g/mol. The predicted molar refractivity (Wildman–Crippen MR) is 94.8 cm³/mol. The Labute approximate surface area is 145 Å². The Bertz CT molecular complexity index is 877. The highest BCUT2D eigenvalue weighted by molar-refractivity contribution is 6.33. The first-order valence-corrected chi connectivity index (χ1v) is 7.63. The van der Waals surface area contributed by atoms with Crippen molar-refractivity contribution >= 4 is 18.0 Å². The molecule has 0 atom stereocenters. The Morgan fingerprint density at radius 1 is 1.28 bits per heavy atom. The van der Waals surface area contributed by atoms with E-state index in [2.05, 4.69) is 9.98 Å². The molecule has 7 heteroatoms. The number of benzene rings is 1. The molecule has 7 nitrogen and oxygen atoms in total. The summed E-state index contributed by atoms with van der Waals surface area (Å²) in [6.07, 6.45) is 3.06. The Morgan fingerprint density at radius 3 is 2.76 bits per heavy atom. The van der Waals surface area contributed by atoms with Crippen molar-refractivity contribution in [3.63, 3.8) is 0 Å². The standard InChI is InChI=1S/C18H18N4O3/c1-20-9-16(19)22-10-13-6-11(4-5-14(13)18(22)23)12-7-15(24-2)17(25-3)21-8-12/h4-9,19H,10H2,1-3H3. The molecule has 0 unspecified atom stereocenters. The second-order valence-electron chi connectivity index (χ2n) is 5.47. The zero-order valence-electron chi connectivity index (χ0n) is 14.2. The van der Waals surface area contributed by atoms with Gasteiger partial charge in [-0.15, -0.1) is 0 Å². The number of nitrogens with one attached hydrogen (secondary N) is 1. The molecule has 0 fully saturated rings. The zero-order valence-corrected chi connectivity index (χ0v) is 14.2. The van der Waals surface area contributed by atoms with Crippen LogP contribution in [0.1, 0.15) is 15.9 Å². The monoisotopic (exact) mass is 338 g/mol. The van der Waals surface area contributed by atoms with E-state index in [0.717, 1.165) is 16.7 Å². The van der Waals surface area contributed by atoms with Gasteiger partial charge in [0.2, 0.25) is 0 Å². The van der Waals surface area contributed by atoms with E-state index in [1.165, 1.54) is 18.2 Å². The number of methoxy groups -OCH3 is 2. The van der Waals surface area contributed by atoms with Gasteiger partial charge in [-0.3, -0.25) is 20.1 Å². The molecule has 1 aromatic carbocycles. The lowest BCUT2D eigenvalue weighted by Crippen LogP contribution is -2.31. The molecule has 0 saturated heterocycles. The normalized spacial score (nSPS) is 13.2. The number of carbonyl (C=O) groups is 1. The van der Waals surface area contributed by atoms with Gasteiger partial charge < -0.3 is 9.47 Å². The zero-order chi connectivity index (χ0) is 18.0. The van der Waals surface area contributed by atoms with Crippen molar-refractivity contribution in [3.05, 3.63) is 41.6 Å². The van der Waals surface area contributed by atoms with Gasteiger partial charge in [0.25, 0.3) is 11.8 Å². The summed E-state index contributed by atoms with van der Waals surface area (Å²) in [6, 6.07) is 7.42. The topological polar surface area (TPSA) is 87.9 Å². The highest BCUT2D eigenvalue weighted by Crippen LogP contribution is 2.32. The maximum atomic E-state index is 12.4.